The Morgan fingerprint density at radius 2 is 1.53 bits per heavy atom. The molecule has 2 fully saturated rings. The predicted molar refractivity (Wildman–Crippen MR) is 70.4 cm³/mol. The molecule has 0 spiro atoms. The van der Waals surface area contributed by atoms with E-state index in [1.54, 1.807) is 13.8 Å². The van der Waals surface area contributed by atoms with Crippen molar-refractivity contribution >= 4 is 11.9 Å². The van der Waals surface area contributed by atoms with E-state index in [1.807, 2.05) is 0 Å². The minimum absolute atomic E-state index is 0.313. The van der Waals surface area contributed by atoms with Crippen LogP contribution in [0.3, 0.4) is 0 Å². The number of esters is 2. The molecule has 0 bridgehead atoms. The molecule has 19 heavy (non-hydrogen) atoms. The molecule has 0 atom stereocenters. The largest absolute Gasteiger partial charge is 0.465 e. The molecule has 0 aromatic rings. The second-order valence-corrected chi connectivity index (χ2v) is 5.83. The second-order valence-electron chi connectivity index (χ2n) is 5.83. The maximum Gasteiger partial charge on any atom is 0.323 e. The van der Waals surface area contributed by atoms with E-state index in [2.05, 4.69) is 0 Å². The number of hydrogen-bond acceptors (Lipinski definition) is 4. The van der Waals surface area contributed by atoms with E-state index in [-0.39, 0.29) is 0 Å². The molecule has 4 nitrogen and oxygen atoms in total. The molecule has 0 aliphatic heterocycles. The fourth-order valence-electron chi connectivity index (χ4n) is 3.25. The van der Waals surface area contributed by atoms with Gasteiger partial charge >= 0.3 is 11.9 Å². The summed E-state index contributed by atoms with van der Waals surface area (Å²) in [6.07, 6.45) is 6.33. The third-order valence-corrected chi connectivity index (χ3v) is 4.50. The SMILES string of the molecule is CCOC(=O)C1(C(=O)OCC)CC(CC2CCC2)C1. The van der Waals surface area contributed by atoms with E-state index in [4.69, 9.17) is 9.47 Å². The molecular weight excluding hydrogens is 244 g/mol. The van der Waals surface area contributed by atoms with Crippen LogP contribution in [-0.2, 0) is 19.1 Å². The number of carbonyl (C=O) groups is 2. The maximum atomic E-state index is 12.1. The van der Waals surface area contributed by atoms with Gasteiger partial charge in [-0.2, -0.15) is 0 Å². The molecule has 108 valence electrons. The summed E-state index contributed by atoms with van der Waals surface area (Å²) >= 11 is 0. The van der Waals surface area contributed by atoms with Gasteiger partial charge in [0.2, 0.25) is 0 Å². The van der Waals surface area contributed by atoms with Gasteiger partial charge in [0.25, 0.3) is 0 Å². The Bertz CT molecular complexity index is 320. The molecule has 2 aliphatic rings. The molecule has 4 heteroatoms. The number of carbonyl (C=O) groups excluding carboxylic acids is 2. The Hall–Kier alpha value is -1.06. The molecule has 0 heterocycles. The molecule has 0 N–H and O–H groups in total. The van der Waals surface area contributed by atoms with Crippen LogP contribution < -0.4 is 0 Å². The topological polar surface area (TPSA) is 52.6 Å². The quantitative estimate of drug-likeness (QED) is 0.549. The third-order valence-electron chi connectivity index (χ3n) is 4.50. The van der Waals surface area contributed by atoms with E-state index in [9.17, 15) is 9.59 Å². The van der Waals surface area contributed by atoms with E-state index in [0.717, 1.165) is 12.3 Å². The normalized spacial score (nSPS) is 22.2. The number of rotatable bonds is 6. The minimum Gasteiger partial charge on any atom is -0.465 e. The lowest BCUT2D eigenvalue weighted by atomic mass is 9.58. The molecule has 0 amide bonds. The predicted octanol–water partition coefficient (Wildman–Crippen LogP) is 2.70. The van der Waals surface area contributed by atoms with Crippen molar-refractivity contribution in [3.8, 4) is 0 Å². The van der Waals surface area contributed by atoms with Gasteiger partial charge < -0.3 is 9.47 Å². The monoisotopic (exact) mass is 268 g/mol. The first-order valence-electron chi connectivity index (χ1n) is 7.46. The van der Waals surface area contributed by atoms with Crippen molar-refractivity contribution in [3.63, 3.8) is 0 Å². The summed E-state index contributed by atoms with van der Waals surface area (Å²) in [7, 11) is 0. The lowest BCUT2D eigenvalue weighted by Crippen LogP contribution is -2.52. The smallest absolute Gasteiger partial charge is 0.323 e. The van der Waals surface area contributed by atoms with Crippen LogP contribution >= 0.6 is 0 Å². The molecule has 2 aliphatic carbocycles. The summed E-state index contributed by atoms with van der Waals surface area (Å²) in [5.74, 6) is 0.517. The first-order valence-corrected chi connectivity index (χ1v) is 7.46. The molecule has 2 rings (SSSR count). The molecule has 0 unspecified atom stereocenters. The van der Waals surface area contributed by atoms with Crippen LogP contribution in [0.15, 0.2) is 0 Å². The lowest BCUT2D eigenvalue weighted by molar-refractivity contribution is -0.184. The van der Waals surface area contributed by atoms with Crippen molar-refractivity contribution in [2.75, 3.05) is 13.2 Å². The van der Waals surface area contributed by atoms with Gasteiger partial charge in [0.1, 0.15) is 0 Å². The Kier molecular flexibility index (Phi) is 4.48. The standard InChI is InChI=1S/C15H24O4/c1-3-18-13(16)15(14(17)19-4-2)9-12(10-15)8-11-6-5-7-11/h11-12H,3-10H2,1-2H3. The zero-order chi connectivity index (χ0) is 13.9. The highest BCUT2D eigenvalue weighted by Gasteiger charge is 2.58. The Morgan fingerprint density at radius 1 is 1.00 bits per heavy atom. The van der Waals surface area contributed by atoms with E-state index < -0.39 is 17.4 Å². The fourth-order valence-corrected chi connectivity index (χ4v) is 3.25. The summed E-state index contributed by atoms with van der Waals surface area (Å²) in [5, 5.41) is 0. The van der Waals surface area contributed by atoms with Crippen molar-refractivity contribution < 1.29 is 19.1 Å². The first-order chi connectivity index (χ1) is 9.12. The van der Waals surface area contributed by atoms with Crippen molar-refractivity contribution in [1.29, 1.82) is 0 Å². The summed E-state index contributed by atoms with van der Waals surface area (Å²) in [5.41, 5.74) is -1.000. The van der Waals surface area contributed by atoms with Crippen LogP contribution in [0.1, 0.15) is 52.4 Å². The molecule has 0 aromatic heterocycles. The van der Waals surface area contributed by atoms with Crippen LogP contribution in [0.5, 0.6) is 0 Å². The highest BCUT2D eigenvalue weighted by molar-refractivity contribution is 6.01. The Labute approximate surface area is 114 Å². The highest BCUT2D eigenvalue weighted by Crippen LogP contribution is 2.51. The van der Waals surface area contributed by atoms with Crippen LogP contribution in [0.4, 0.5) is 0 Å². The Morgan fingerprint density at radius 3 is 1.89 bits per heavy atom. The minimum atomic E-state index is -1.000. The summed E-state index contributed by atoms with van der Waals surface area (Å²) < 4.78 is 10.1. The molecule has 0 aromatic carbocycles. The van der Waals surface area contributed by atoms with Gasteiger partial charge in [0.05, 0.1) is 13.2 Å². The first kappa shape index (κ1) is 14.4. The van der Waals surface area contributed by atoms with Crippen LogP contribution in [0.2, 0.25) is 0 Å². The number of hydrogen-bond donors (Lipinski definition) is 0. The van der Waals surface area contributed by atoms with Gasteiger partial charge in [-0.25, -0.2) is 0 Å². The second kappa shape index (κ2) is 5.93. The van der Waals surface area contributed by atoms with Crippen LogP contribution in [0, 0.1) is 17.3 Å². The highest BCUT2D eigenvalue weighted by atomic mass is 16.6. The zero-order valence-corrected chi connectivity index (χ0v) is 11.9. The molecule has 0 saturated heterocycles. The third kappa shape index (κ3) is 2.77. The molecule has 2 saturated carbocycles. The maximum absolute atomic E-state index is 12.1. The number of ether oxygens (including phenoxy) is 2. The van der Waals surface area contributed by atoms with Gasteiger partial charge in [-0.15, -0.1) is 0 Å². The van der Waals surface area contributed by atoms with E-state index >= 15 is 0 Å². The van der Waals surface area contributed by atoms with Gasteiger partial charge in [0, 0.05) is 0 Å². The van der Waals surface area contributed by atoms with E-state index in [1.165, 1.54) is 19.3 Å². The van der Waals surface area contributed by atoms with Gasteiger partial charge in [0.15, 0.2) is 5.41 Å². The average molecular weight is 268 g/mol. The molecular formula is C15H24O4. The summed E-state index contributed by atoms with van der Waals surface area (Å²) in [4.78, 5) is 24.1. The van der Waals surface area contributed by atoms with Crippen molar-refractivity contribution in [2.45, 2.75) is 52.4 Å². The molecule has 0 radical (unpaired) electrons. The zero-order valence-electron chi connectivity index (χ0n) is 11.9. The Balaban J connectivity index is 1.93. The van der Waals surface area contributed by atoms with Gasteiger partial charge in [-0.3, -0.25) is 9.59 Å². The van der Waals surface area contributed by atoms with Gasteiger partial charge in [-0.05, 0) is 44.9 Å². The average Bonchev–Trinajstić information content (AvgIpc) is 2.25. The summed E-state index contributed by atoms with van der Waals surface area (Å²) in [6, 6.07) is 0. The lowest BCUT2D eigenvalue weighted by Gasteiger charge is -2.45. The van der Waals surface area contributed by atoms with Crippen LogP contribution in [-0.4, -0.2) is 25.2 Å². The van der Waals surface area contributed by atoms with Crippen molar-refractivity contribution in [1.82, 2.24) is 0 Å². The van der Waals surface area contributed by atoms with Gasteiger partial charge in [-0.1, -0.05) is 19.3 Å². The van der Waals surface area contributed by atoms with E-state index in [0.29, 0.717) is 32.0 Å². The summed E-state index contributed by atoms with van der Waals surface area (Å²) in [6.45, 7) is 4.16. The fraction of sp³-hybridized carbons (Fsp3) is 0.867. The van der Waals surface area contributed by atoms with Crippen molar-refractivity contribution in [3.05, 3.63) is 0 Å². The van der Waals surface area contributed by atoms with Crippen molar-refractivity contribution in [2.24, 2.45) is 17.3 Å². The van der Waals surface area contributed by atoms with Crippen LogP contribution in [0.25, 0.3) is 0 Å².